The van der Waals surface area contributed by atoms with E-state index >= 15 is 0 Å². The van der Waals surface area contributed by atoms with E-state index in [0.29, 0.717) is 29.7 Å². The summed E-state index contributed by atoms with van der Waals surface area (Å²) in [5, 5.41) is 10.2. The summed E-state index contributed by atoms with van der Waals surface area (Å²) in [4.78, 5) is 8.04. The predicted molar refractivity (Wildman–Crippen MR) is 137 cm³/mol. The highest BCUT2D eigenvalue weighted by molar-refractivity contribution is 7.89. The van der Waals surface area contributed by atoms with Crippen LogP contribution in [0.15, 0.2) is 59.8 Å². The second kappa shape index (κ2) is 11.3. The molecule has 0 aliphatic heterocycles. The Morgan fingerprint density at radius 1 is 1.00 bits per heavy atom. The van der Waals surface area contributed by atoms with Crippen LogP contribution >= 0.6 is 27.0 Å². The Kier molecular flexibility index (Phi) is 9.27. The van der Waals surface area contributed by atoms with Crippen LogP contribution in [-0.4, -0.2) is 35.6 Å². The lowest BCUT2D eigenvalue weighted by Crippen LogP contribution is -2.45. The van der Waals surface area contributed by atoms with Crippen molar-refractivity contribution in [2.75, 3.05) is 5.73 Å². The molecule has 1 aliphatic rings. The van der Waals surface area contributed by atoms with Crippen LogP contribution in [0.1, 0.15) is 25.7 Å². The zero-order valence-corrected chi connectivity index (χ0v) is 20.5. The van der Waals surface area contributed by atoms with E-state index < -0.39 is 28.0 Å². The Morgan fingerprint density at radius 2 is 1.73 bits per heavy atom. The van der Waals surface area contributed by atoms with E-state index in [0.717, 1.165) is 12.8 Å². The highest BCUT2D eigenvalue weighted by Crippen LogP contribution is 2.31. The van der Waals surface area contributed by atoms with E-state index in [9.17, 15) is 17.9 Å². The minimum Gasteiger partial charge on any atom is -0.391 e. The van der Waals surface area contributed by atoms with E-state index in [1.807, 2.05) is 0 Å². The van der Waals surface area contributed by atoms with Gasteiger partial charge in [0.2, 0.25) is 10.0 Å². The number of nitrogens with zero attached hydrogens (tertiary/aromatic N) is 2. The van der Waals surface area contributed by atoms with E-state index in [4.69, 9.17) is 5.73 Å². The maximum absolute atomic E-state index is 14.9. The first-order valence-corrected chi connectivity index (χ1v) is 11.5. The summed E-state index contributed by atoms with van der Waals surface area (Å²) in [5.41, 5.74) is 6.87. The van der Waals surface area contributed by atoms with Gasteiger partial charge in [-0.15, -0.1) is 0 Å². The van der Waals surface area contributed by atoms with Crippen LogP contribution in [0.3, 0.4) is 0 Å². The molecule has 0 amide bonds. The highest BCUT2D eigenvalue weighted by atomic mass is 32.2. The van der Waals surface area contributed by atoms with Gasteiger partial charge in [0.05, 0.1) is 29.1 Å². The van der Waals surface area contributed by atoms with Crippen LogP contribution < -0.4 is 10.5 Å². The molecule has 33 heavy (non-hydrogen) atoms. The van der Waals surface area contributed by atoms with Gasteiger partial charge in [0.1, 0.15) is 11.6 Å². The molecule has 1 heterocycles. The molecule has 1 aromatic heterocycles. The lowest BCUT2D eigenvalue weighted by Gasteiger charge is -2.28. The molecule has 178 valence electrons. The summed E-state index contributed by atoms with van der Waals surface area (Å²) in [6, 6.07) is 10.3. The quantitative estimate of drug-likeness (QED) is 0.485. The molecule has 0 radical (unpaired) electrons. The van der Waals surface area contributed by atoms with Crippen LogP contribution in [-0.2, 0) is 10.0 Å². The van der Waals surface area contributed by atoms with Gasteiger partial charge in [-0.1, -0.05) is 37.1 Å². The molecule has 3 aromatic rings. The lowest BCUT2D eigenvalue weighted by atomic mass is 9.93. The van der Waals surface area contributed by atoms with Gasteiger partial charge in [-0.3, -0.25) is 4.98 Å². The second-order valence-electron chi connectivity index (χ2n) is 7.60. The molecule has 11 heteroatoms. The maximum atomic E-state index is 14.9. The van der Waals surface area contributed by atoms with Gasteiger partial charge in [0.25, 0.3) is 0 Å². The zero-order valence-electron chi connectivity index (χ0n) is 17.7. The highest BCUT2D eigenvalue weighted by Gasteiger charge is 2.29. The number of anilines is 1. The van der Waals surface area contributed by atoms with Gasteiger partial charge in [0, 0.05) is 17.2 Å². The Labute approximate surface area is 206 Å². The smallest absolute Gasteiger partial charge is 0.241 e. The number of halogens is 1. The first-order valence-electron chi connectivity index (χ1n) is 10.0. The Balaban J connectivity index is 0.00000193. The Hall–Kier alpha value is -2.18. The Morgan fingerprint density at radius 3 is 2.39 bits per heavy atom. The fraction of sp³-hybridized carbons (Fsp3) is 0.273. The van der Waals surface area contributed by atoms with E-state index in [1.54, 1.807) is 24.3 Å². The van der Waals surface area contributed by atoms with Gasteiger partial charge < -0.3 is 10.8 Å². The lowest BCUT2D eigenvalue weighted by molar-refractivity contribution is 0.101. The van der Waals surface area contributed by atoms with Crippen LogP contribution in [0.25, 0.3) is 22.4 Å². The number of sulfonamides is 1. The molecule has 2 atom stereocenters. The fourth-order valence-corrected chi connectivity index (χ4v) is 5.35. The average molecular weight is 511 g/mol. The first-order chi connectivity index (χ1) is 14.8. The van der Waals surface area contributed by atoms with Gasteiger partial charge in [-0.05, 0) is 36.6 Å². The van der Waals surface area contributed by atoms with E-state index in [1.165, 1.54) is 30.6 Å². The number of aliphatic hydroxyl groups excluding tert-OH is 1. The monoisotopic (exact) mass is 510 g/mol. The first kappa shape index (κ1) is 27.1. The van der Waals surface area contributed by atoms with Crippen LogP contribution in [0, 0.1) is 5.82 Å². The SMILES string of the molecule is Nc1cnc(-c2ccc(-c3ccccc3S(=O)(=O)N[C@H]3CCCC[C@@H]3O)cc2F)cn1.S.S. The van der Waals surface area contributed by atoms with Crippen molar-refractivity contribution in [2.24, 2.45) is 0 Å². The standard InChI is InChI=1S/C22H23FN4O3S.2H2S/c23-17-11-14(9-10-16(17)19-12-26-22(24)13-25-19)15-5-1-4-8-21(15)31(29,30)27-18-6-2-3-7-20(18)28;;/h1,4-5,8-13,18,20,27-28H,2-3,6-7H2,(H2,24,26);2*1H2/t18-,20-;;/m0../s1. The van der Waals surface area contributed by atoms with Crippen LogP contribution in [0.2, 0.25) is 0 Å². The molecule has 4 N–H and O–H groups in total. The third-order valence-corrected chi connectivity index (χ3v) is 6.99. The number of benzene rings is 2. The average Bonchev–Trinajstić information content (AvgIpc) is 2.76. The van der Waals surface area contributed by atoms with Crippen LogP contribution in [0.4, 0.5) is 10.2 Å². The number of nitrogen functional groups attached to an aromatic ring is 1. The summed E-state index contributed by atoms with van der Waals surface area (Å²) in [5.74, 6) is -0.324. The zero-order chi connectivity index (χ0) is 22.0. The summed E-state index contributed by atoms with van der Waals surface area (Å²) in [6.07, 6.45) is 4.88. The number of aliphatic hydroxyl groups is 1. The van der Waals surface area contributed by atoms with Crippen molar-refractivity contribution in [3.8, 4) is 22.4 Å². The summed E-state index contributed by atoms with van der Waals surface area (Å²) in [7, 11) is -3.92. The molecule has 0 spiro atoms. The van der Waals surface area contributed by atoms with E-state index in [-0.39, 0.29) is 43.3 Å². The molecule has 7 nitrogen and oxygen atoms in total. The molecule has 1 saturated carbocycles. The number of nitrogens with two attached hydrogens (primary N) is 1. The van der Waals surface area contributed by atoms with E-state index in [2.05, 4.69) is 14.7 Å². The molecular formula is C22H27FN4O3S3. The Bertz CT molecular complexity index is 1190. The van der Waals surface area contributed by atoms with Crippen molar-refractivity contribution in [1.29, 1.82) is 0 Å². The van der Waals surface area contributed by atoms with Gasteiger partial charge in [0.15, 0.2) is 0 Å². The topological polar surface area (TPSA) is 118 Å². The minimum atomic E-state index is -3.92. The number of rotatable bonds is 5. The summed E-state index contributed by atoms with van der Waals surface area (Å²) in [6.45, 7) is 0. The second-order valence-corrected chi connectivity index (χ2v) is 9.28. The molecular weight excluding hydrogens is 483 g/mol. The number of hydrogen-bond acceptors (Lipinski definition) is 6. The molecule has 4 rings (SSSR count). The number of hydrogen-bond donors (Lipinski definition) is 3. The molecule has 1 fully saturated rings. The summed E-state index contributed by atoms with van der Waals surface area (Å²) < 4.78 is 43.7. The predicted octanol–water partition coefficient (Wildman–Crippen LogP) is 3.34. The fourth-order valence-electron chi connectivity index (χ4n) is 3.82. The van der Waals surface area contributed by atoms with Crippen LogP contribution in [0.5, 0.6) is 0 Å². The van der Waals surface area contributed by atoms with Crippen molar-refractivity contribution in [3.63, 3.8) is 0 Å². The van der Waals surface area contributed by atoms with Gasteiger partial charge in [-0.25, -0.2) is 22.5 Å². The molecule has 2 aromatic carbocycles. The summed E-state index contributed by atoms with van der Waals surface area (Å²) >= 11 is 0. The largest absolute Gasteiger partial charge is 0.391 e. The number of aromatic nitrogens is 2. The van der Waals surface area contributed by atoms with Gasteiger partial charge in [-0.2, -0.15) is 27.0 Å². The van der Waals surface area contributed by atoms with Gasteiger partial charge >= 0.3 is 0 Å². The number of nitrogens with one attached hydrogen (secondary N) is 1. The normalized spacial score (nSPS) is 18.1. The van der Waals surface area contributed by atoms with Crippen molar-refractivity contribution >= 4 is 42.8 Å². The third kappa shape index (κ3) is 6.04. The molecule has 0 saturated heterocycles. The maximum Gasteiger partial charge on any atom is 0.241 e. The van der Waals surface area contributed by atoms with Crippen molar-refractivity contribution in [1.82, 2.24) is 14.7 Å². The van der Waals surface area contributed by atoms with Crippen molar-refractivity contribution in [3.05, 3.63) is 60.7 Å². The molecule has 1 aliphatic carbocycles. The minimum absolute atomic E-state index is 0. The van der Waals surface area contributed by atoms with Crippen molar-refractivity contribution in [2.45, 2.75) is 42.7 Å². The van der Waals surface area contributed by atoms with Crippen molar-refractivity contribution < 1.29 is 17.9 Å². The molecule has 0 bridgehead atoms. The third-order valence-electron chi connectivity index (χ3n) is 5.44. The molecule has 0 unspecified atom stereocenters.